The van der Waals surface area contributed by atoms with Crippen LogP contribution in [0.25, 0.3) is 0 Å². The molecule has 0 aliphatic carbocycles. The predicted octanol–water partition coefficient (Wildman–Crippen LogP) is 2.06. The van der Waals surface area contributed by atoms with E-state index in [0.29, 0.717) is 12.2 Å². The normalized spacial score (nSPS) is 16.3. The number of hydrogen-bond donors (Lipinski definition) is 2. The van der Waals surface area contributed by atoms with Gasteiger partial charge in [-0.1, -0.05) is 30.3 Å². The molecule has 29 heavy (non-hydrogen) atoms. The number of nitrogens with two attached hydrogens (primary N) is 1. The topological polar surface area (TPSA) is 128 Å². The number of nitro groups is 1. The third kappa shape index (κ3) is 5.08. The van der Waals surface area contributed by atoms with Crippen molar-refractivity contribution in [2.45, 2.75) is 25.4 Å². The number of benzene rings is 2. The molecule has 3 rings (SSSR count). The van der Waals surface area contributed by atoms with Gasteiger partial charge in [0.25, 0.3) is 5.91 Å². The number of nitrogens with zero attached hydrogens (tertiary/aromatic N) is 2. The Kier molecular flexibility index (Phi) is 6.40. The summed E-state index contributed by atoms with van der Waals surface area (Å²) in [6, 6.07) is 12.8. The summed E-state index contributed by atoms with van der Waals surface area (Å²) in [5.74, 6) is -0.757. The first-order valence-electron chi connectivity index (χ1n) is 9.23. The smallest absolute Gasteiger partial charge is 0.310 e. The Morgan fingerprint density at radius 2 is 1.93 bits per heavy atom. The first-order valence-corrected chi connectivity index (χ1v) is 9.23. The van der Waals surface area contributed by atoms with E-state index in [4.69, 9.17) is 10.5 Å². The molecule has 2 aromatic carbocycles. The molecule has 1 saturated heterocycles. The summed E-state index contributed by atoms with van der Waals surface area (Å²) in [6.45, 7) is 0.874. The van der Waals surface area contributed by atoms with Gasteiger partial charge < -0.3 is 15.8 Å². The third-order valence-electron chi connectivity index (χ3n) is 4.78. The maximum absolute atomic E-state index is 12.3. The summed E-state index contributed by atoms with van der Waals surface area (Å²) in [4.78, 5) is 36.4. The second kappa shape index (κ2) is 9.16. The van der Waals surface area contributed by atoms with Crippen LogP contribution in [0.5, 0.6) is 5.75 Å². The third-order valence-corrected chi connectivity index (χ3v) is 4.78. The van der Waals surface area contributed by atoms with Gasteiger partial charge in [-0.05, 0) is 37.1 Å². The minimum absolute atomic E-state index is 0.0299. The summed E-state index contributed by atoms with van der Waals surface area (Å²) < 4.78 is 5.33. The molecule has 0 radical (unpaired) electrons. The highest BCUT2D eigenvalue weighted by Gasteiger charge is 2.29. The molecular formula is C20H22N4O5. The quantitative estimate of drug-likeness (QED) is 0.517. The number of para-hydroxylation sites is 3. The Labute approximate surface area is 167 Å². The van der Waals surface area contributed by atoms with E-state index in [1.165, 1.54) is 18.2 Å². The van der Waals surface area contributed by atoms with E-state index in [-0.39, 0.29) is 30.0 Å². The minimum Gasteiger partial charge on any atom is -0.477 e. The van der Waals surface area contributed by atoms with E-state index < -0.39 is 10.8 Å². The highest BCUT2D eigenvalue weighted by molar-refractivity contribution is 5.92. The van der Waals surface area contributed by atoms with Gasteiger partial charge >= 0.3 is 5.69 Å². The zero-order valence-electron chi connectivity index (χ0n) is 15.7. The van der Waals surface area contributed by atoms with Crippen molar-refractivity contribution in [2.24, 2.45) is 5.73 Å². The van der Waals surface area contributed by atoms with Crippen LogP contribution in [0.1, 0.15) is 18.4 Å². The van der Waals surface area contributed by atoms with Crippen LogP contribution in [0.4, 0.5) is 11.4 Å². The van der Waals surface area contributed by atoms with E-state index in [0.717, 1.165) is 24.9 Å². The van der Waals surface area contributed by atoms with Crippen molar-refractivity contribution < 1.29 is 19.2 Å². The fourth-order valence-electron chi connectivity index (χ4n) is 3.40. The number of likely N-dealkylation sites (tertiary alicyclic amines) is 1. The van der Waals surface area contributed by atoms with E-state index >= 15 is 0 Å². The lowest BCUT2D eigenvalue weighted by atomic mass is 10.1. The van der Waals surface area contributed by atoms with Gasteiger partial charge in [-0.3, -0.25) is 24.6 Å². The fourth-order valence-corrected chi connectivity index (χ4v) is 3.40. The molecule has 2 aromatic rings. The molecule has 0 bridgehead atoms. The van der Waals surface area contributed by atoms with Crippen molar-refractivity contribution >= 4 is 23.2 Å². The standard InChI is InChI=1S/C20H22N4O5/c21-20(26)17-9-5-11-23(17)12-14-6-1-2-7-15(14)22-19(25)13-29-18-10-4-3-8-16(18)24(27)28/h1-4,6-8,10,17H,5,9,11-13H2,(H2,21,26)(H,22,25). The van der Waals surface area contributed by atoms with Crippen molar-refractivity contribution in [3.8, 4) is 5.75 Å². The average molecular weight is 398 g/mol. The predicted molar refractivity (Wildman–Crippen MR) is 106 cm³/mol. The lowest BCUT2D eigenvalue weighted by Crippen LogP contribution is -2.39. The van der Waals surface area contributed by atoms with Crippen LogP contribution in [-0.2, 0) is 16.1 Å². The van der Waals surface area contributed by atoms with Gasteiger partial charge in [0, 0.05) is 18.3 Å². The molecule has 9 nitrogen and oxygen atoms in total. The number of carbonyl (C=O) groups excluding carboxylic acids is 2. The van der Waals surface area contributed by atoms with E-state index in [2.05, 4.69) is 5.32 Å². The molecule has 1 unspecified atom stereocenters. The number of anilines is 1. The van der Waals surface area contributed by atoms with Gasteiger partial charge in [0.15, 0.2) is 12.4 Å². The van der Waals surface area contributed by atoms with E-state index in [1.807, 2.05) is 17.0 Å². The number of hydrogen-bond acceptors (Lipinski definition) is 6. The Bertz CT molecular complexity index is 917. The number of nitro benzene ring substituents is 1. The maximum Gasteiger partial charge on any atom is 0.310 e. The molecule has 0 aromatic heterocycles. The van der Waals surface area contributed by atoms with E-state index in [1.54, 1.807) is 18.2 Å². The Morgan fingerprint density at radius 3 is 2.69 bits per heavy atom. The highest BCUT2D eigenvalue weighted by atomic mass is 16.6. The molecule has 1 atom stereocenters. The number of carbonyl (C=O) groups is 2. The fraction of sp³-hybridized carbons (Fsp3) is 0.300. The van der Waals surface area contributed by atoms with Gasteiger partial charge in [-0.15, -0.1) is 0 Å². The summed E-state index contributed by atoms with van der Waals surface area (Å²) in [6.07, 6.45) is 1.62. The molecule has 1 fully saturated rings. The molecule has 0 saturated carbocycles. The highest BCUT2D eigenvalue weighted by Crippen LogP contribution is 2.26. The molecule has 9 heteroatoms. The SMILES string of the molecule is NC(=O)C1CCCN1Cc1ccccc1NC(=O)COc1ccccc1[N+](=O)[O-]. The summed E-state index contributed by atoms with van der Waals surface area (Å²) >= 11 is 0. The van der Waals surface area contributed by atoms with Crippen molar-refractivity contribution in [3.63, 3.8) is 0 Å². The number of ether oxygens (including phenoxy) is 1. The first kappa shape index (κ1) is 20.3. The van der Waals surface area contributed by atoms with Crippen LogP contribution in [0.2, 0.25) is 0 Å². The molecule has 1 aliphatic heterocycles. The molecule has 1 heterocycles. The number of primary amides is 1. The zero-order chi connectivity index (χ0) is 20.8. The van der Waals surface area contributed by atoms with Crippen LogP contribution in [0.15, 0.2) is 48.5 Å². The van der Waals surface area contributed by atoms with Crippen LogP contribution in [0, 0.1) is 10.1 Å². The molecular weight excluding hydrogens is 376 g/mol. The second-order valence-corrected chi connectivity index (χ2v) is 6.75. The van der Waals surface area contributed by atoms with Gasteiger partial charge in [-0.25, -0.2) is 0 Å². The van der Waals surface area contributed by atoms with Crippen molar-refractivity contribution in [3.05, 3.63) is 64.2 Å². The van der Waals surface area contributed by atoms with Gasteiger partial charge in [0.2, 0.25) is 5.91 Å². The lowest BCUT2D eigenvalue weighted by Gasteiger charge is -2.23. The van der Waals surface area contributed by atoms with Gasteiger partial charge in [0.1, 0.15) is 0 Å². The second-order valence-electron chi connectivity index (χ2n) is 6.75. The molecule has 2 amide bonds. The summed E-state index contributed by atoms with van der Waals surface area (Å²) in [5.41, 5.74) is 6.72. The van der Waals surface area contributed by atoms with Crippen LogP contribution in [0.3, 0.4) is 0 Å². The van der Waals surface area contributed by atoms with Gasteiger partial charge in [-0.2, -0.15) is 0 Å². The molecule has 0 spiro atoms. The average Bonchev–Trinajstić information content (AvgIpc) is 3.16. The van der Waals surface area contributed by atoms with Crippen LogP contribution < -0.4 is 15.8 Å². The molecule has 3 N–H and O–H groups in total. The van der Waals surface area contributed by atoms with Crippen LogP contribution >= 0.6 is 0 Å². The molecule has 1 aliphatic rings. The summed E-state index contributed by atoms with van der Waals surface area (Å²) in [5, 5.41) is 13.8. The Morgan fingerprint density at radius 1 is 1.21 bits per heavy atom. The van der Waals surface area contributed by atoms with Crippen molar-refractivity contribution in [1.29, 1.82) is 0 Å². The Balaban J connectivity index is 1.64. The zero-order valence-corrected chi connectivity index (χ0v) is 15.7. The minimum atomic E-state index is -0.562. The first-order chi connectivity index (χ1) is 14.0. The molecule has 152 valence electrons. The van der Waals surface area contributed by atoms with Crippen molar-refractivity contribution in [2.75, 3.05) is 18.5 Å². The number of amides is 2. The number of nitrogens with one attached hydrogen (secondary N) is 1. The van der Waals surface area contributed by atoms with Crippen LogP contribution in [-0.4, -0.2) is 40.8 Å². The van der Waals surface area contributed by atoms with Gasteiger partial charge in [0.05, 0.1) is 11.0 Å². The Hall–Kier alpha value is -3.46. The monoisotopic (exact) mass is 398 g/mol. The maximum atomic E-state index is 12.3. The van der Waals surface area contributed by atoms with E-state index in [9.17, 15) is 19.7 Å². The van der Waals surface area contributed by atoms with Crippen molar-refractivity contribution in [1.82, 2.24) is 4.90 Å². The largest absolute Gasteiger partial charge is 0.477 e. The summed E-state index contributed by atoms with van der Waals surface area (Å²) in [7, 11) is 0. The lowest BCUT2D eigenvalue weighted by molar-refractivity contribution is -0.385. The number of rotatable bonds is 8.